The average Bonchev–Trinajstić information content (AvgIpc) is 3.35. The lowest BCUT2D eigenvalue weighted by molar-refractivity contribution is -0.119. The first-order chi connectivity index (χ1) is 13.5. The number of anilines is 3. The molecule has 0 spiro atoms. The molecule has 5 rings (SSSR count). The quantitative estimate of drug-likeness (QED) is 0.725. The third-order valence-electron chi connectivity index (χ3n) is 5.58. The summed E-state index contributed by atoms with van der Waals surface area (Å²) in [4.78, 5) is 21.2. The highest BCUT2D eigenvalue weighted by Gasteiger charge is 2.38. The lowest BCUT2D eigenvalue weighted by atomic mass is 9.86. The number of rotatable bonds is 4. The number of ether oxygens (including phenoxy) is 1. The minimum atomic E-state index is -0.514. The van der Waals surface area contributed by atoms with Crippen LogP contribution in [0.2, 0.25) is 0 Å². The van der Waals surface area contributed by atoms with E-state index < -0.39 is 5.41 Å². The Morgan fingerprint density at radius 2 is 2.25 bits per heavy atom. The summed E-state index contributed by atoms with van der Waals surface area (Å²) < 4.78 is 7.26. The lowest BCUT2D eigenvalue weighted by Gasteiger charge is -2.14. The van der Waals surface area contributed by atoms with Gasteiger partial charge in [0, 0.05) is 43.3 Å². The van der Waals surface area contributed by atoms with Crippen molar-refractivity contribution in [1.82, 2.24) is 19.6 Å². The zero-order valence-corrected chi connectivity index (χ0v) is 15.9. The van der Waals surface area contributed by atoms with Crippen LogP contribution in [-0.4, -0.2) is 38.7 Å². The number of fused-ring (bicyclic) bond motifs is 2. The van der Waals surface area contributed by atoms with Crippen LogP contribution in [0, 0.1) is 5.92 Å². The average molecular weight is 378 g/mol. The van der Waals surface area contributed by atoms with E-state index in [1.165, 1.54) is 0 Å². The van der Waals surface area contributed by atoms with Crippen molar-refractivity contribution in [2.24, 2.45) is 5.92 Å². The van der Waals surface area contributed by atoms with Crippen LogP contribution in [0.3, 0.4) is 0 Å². The van der Waals surface area contributed by atoms with Gasteiger partial charge in [0.1, 0.15) is 5.82 Å². The van der Waals surface area contributed by atoms with Crippen molar-refractivity contribution in [2.75, 3.05) is 23.8 Å². The number of nitrogens with one attached hydrogen (secondary N) is 2. The summed E-state index contributed by atoms with van der Waals surface area (Å²) in [5.74, 6) is 1.87. The smallest absolute Gasteiger partial charge is 0.247 e. The van der Waals surface area contributed by atoms with E-state index in [-0.39, 0.29) is 5.91 Å². The Labute approximate surface area is 162 Å². The third-order valence-corrected chi connectivity index (χ3v) is 5.58. The Balaban J connectivity index is 1.42. The van der Waals surface area contributed by atoms with Gasteiger partial charge in [-0.15, -0.1) is 5.10 Å². The van der Waals surface area contributed by atoms with Crippen molar-refractivity contribution in [3.8, 4) is 0 Å². The zero-order valence-electron chi connectivity index (χ0n) is 15.9. The predicted octanol–water partition coefficient (Wildman–Crippen LogP) is 2.68. The first-order valence-corrected chi connectivity index (χ1v) is 9.52. The normalized spacial score (nSPS) is 20.4. The van der Waals surface area contributed by atoms with Crippen LogP contribution in [0.15, 0.2) is 30.5 Å². The molecule has 0 radical (unpaired) electrons. The maximum absolute atomic E-state index is 12.1. The molecule has 0 aliphatic carbocycles. The molecule has 3 aromatic rings. The fourth-order valence-corrected chi connectivity index (χ4v) is 3.86. The molecule has 1 saturated heterocycles. The summed E-state index contributed by atoms with van der Waals surface area (Å²) in [5.41, 5.74) is 2.89. The van der Waals surface area contributed by atoms with E-state index in [1.807, 2.05) is 38.1 Å². The molecule has 28 heavy (non-hydrogen) atoms. The number of carbonyl (C=O) groups is 1. The monoisotopic (exact) mass is 378 g/mol. The lowest BCUT2D eigenvalue weighted by Crippen LogP contribution is -2.26. The SMILES string of the molecule is CC1(C)C(=O)Nc2cc(Nc3nc4ccnc(CC5CCOC5)n4n3)ccc21. The van der Waals surface area contributed by atoms with Gasteiger partial charge in [-0.1, -0.05) is 6.07 Å². The molecule has 2 aliphatic heterocycles. The van der Waals surface area contributed by atoms with E-state index in [2.05, 4.69) is 25.7 Å². The van der Waals surface area contributed by atoms with Gasteiger partial charge in [0.25, 0.3) is 0 Å². The van der Waals surface area contributed by atoms with Crippen molar-refractivity contribution in [2.45, 2.75) is 32.1 Å². The summed E-state index contributed by atoms with van der Waals surface area (Å²) in [6.07, 6.45) is 3.64. The van der Waals surface area contributed by atoms with Gasteiger partial charge in [-0.3, -0.25) is 4.79 Å². The van der Waals surface area contributed by atoms with Crippen LogP contribution in [0.25, 0.3) is 5.65 Å². The van der Waals surface area contributed by atoms with Crippen LogP contribution in [0.1, 0.15) is 31.7 Å². The standard InChI is InChI=1S/C20H22N6O2/c1-20(2)14-4-3-13(10-15(14)23-18(20)27)22-19-24-16-5-7-21-17(26(16)25-19)9-12-6-8-28-11-12/h3-5,7,10,12H,6,8-9,11H2,1-2H3,(H,22,25)(H,23,27). The van der Waals surface area contributed by atoms with Crippen molar-refractivity contribution < 1.29 is 9.53 Å². The van der Waals surface area contributed by atoms with Crippen molar-refractivity contribution in [1.29, 1.82) is 0 Å². The summed E-state index contributed by atoms with van der Waals surface area (Å²) in [7, 11) is 0. The van der Waals surface area contributed by atoms with Gasteiger partial charge in [-0.25, -0.2) is 4.98 Å². The molecule has 1 amide bonds. The molecule has 1 aromatic carbocycles. The molecule has 8 nitrogen and oxygen atoms in total. The minimum absolute atomic E-state index is 0.0112. The summed E-state index contributed by atoms with van der Waals surface area (Å²) >= 11 is 0. The Morgan fingerprint density at radius 3 is 3.07 bits per heavy atom. The van der Waals surface area contributed by atoms with Gasteiger partial charge < -0.3 is 15.4 Å². The van der Waals surface area contributed by atoms with Crippen LogP contribution in [-0.2, 0) is 21.4 Å². The predicted molar refractivity (Wildman–Crippen MR) is 105 cm³/mol. The molecule has 2 aliphatic rings. The van der Waals surface area contributed by atoms with E-state index in [0.29, 0.717) is 11.9 Å². The van der Waals surface area contributed by atoms with Gasteiger partial charge in [-0.2, -0.15) is 9.50 Å². The second kappa shape index (κ2) is 6.27. The van der Waals surface area contributed by atoms with Crippen molar-refractivity contribution >= 4 is 28.9 Å². The molecule has 2 aromatic heterocycles. The highest BCUT2D eigenvalue weighted by molar-refractivity contribution is 6.06. The number of carbonyl (C=O) groups excluding carboxylic acids is 1. The van der Waals surface area contributed by atoms with Gasteiger partial charge >= 0.3 is 0 Å². The molecule has 1 unspecified atom stereocenters. The maximum Gasteiger partial charge on any atom is 0.247 e. The maximum atomic E-state index is 12.1. The van der Waals surface area contributed by atoms with E-state index in [9.17, 15) is 4.79 Å². The molecule has 2 N–H and O–H groups in total. The first kappa shape index (κ1) is 17.1. The molecule has 1 atom stereocenters. The Bertz CT molecular complexity index is 1070. The number of hydrogen-bond acceptors (Lipinski definition) is 6. The van der Waals surface area contributed by atoms with Gasteiger partial charge in [-0.05, 0) is 43.9 Å². The van der Waals surface area contributed by atoms with Crippen LogP contribution in [0.4, 0.5) is 17.3 Å². The zero-order chi connectivity index (χ0) is 19.3. The fourth-order valence-electron chi connectivity index (χ4n) is 3.86. The number of hydrogen-bond donors (Lipinski definition) is 2. The number of nitrogens with zero attached hydrogens (tertiary/aromatic N) is 4. The Morgan fingerprint density at radius 1 is 1.36 bits per heavy atom. The second-order valence-corrected chi connectivity index (χ2v) is 7.96. The summed E-state index contributed by atoms with van der Waals surface area (Å²) in [6, 6.07) is 7.68. The van der Waals surface area contributed by atoms with E-state index in [0.717, 1.165) is 54.5 Å². The minimum Gasteiger partial charge on any atom is -0.381 e. The van der Waals surface area contributed by atoms with Crippen LogP contribution < -0.4 is 10.6 Å². The highest BCUT2D eigenvalue weighted by Crippen LogP contribution is 2.38. The van der Waals surface area contributed by atoms with Crippen molar-refractivity contribution in [3.63, 3.8) is 0 Å². The largest absolute Gasteiger partial charge is 0.381 e. The fraction of sp³-hybridized carbons (Fsp3) is 0.400. The van der Waals surface area contributed by atoms with Crippen molar-refractivity contribution in [3.05, 3.63) is 41.9 Å². The topological polar surface area (TPSA) is 93.4 Å². The van der Waals surface area contributed by atoms with Crippen LogP contribution >= 0.6 is 0 Å². The molecule has 0 saturated carbocycles. The van der Waals surface area contributed by atoms with Gasteiger partial charge in [0.05, 0.1) is 5.41 Å². The number of benzene rings is 1. The van der Waals surface area contributed by atoms with Gasteiger partial charge in [0.2, 0.25) is 11.9 Å². The first-order valence-electron chi connectivity index (χ1n) is 9.52. The molecule has 8 heteroatoms. The second-order valence-electron chi connectivity index (χ2n) is 7.96. The summed E-state index contributed by atoms with van der Waals surface area (Å²) in [5, 5.41) is 10.8. The van der Waals surface area contributed by atoms with E-state index in [4.69, 9.17) is 4.74 Å². The Hall–Kier alpha value is -3.00. The molecular formula is C20H22N6O2. The molecule has 4 heterocycles. The molecular weight excluding hydrogens is 356 g/mol. The molecule has 0 bridgehead atoms. The number of amides is 1. The molecule has 1 fully saturated rings. The molecule has 144 valence electrons. The number of aromatic nitrogens is 4. The third kappa shape index (κ3) is 2.80. The van der Waals surface area contributed by atoms with E-state index in [1.54, 1.807) is 10.7 Å². The summed E-state index contributed by atoms with van der Waals surface area (Å²) in [6.45, 7) is 5.44. The highest BCUT2D eigenvalue weighted by atomic mass is 16.5. The van der Waals surface area contributed by atoms with Gasteiger partial charge in [0.15, 0.2) is 5.65 Å². The van der Waals surface area contributed by atoms with Crippen LogP contribution in [0.5, 0.6) is 0 Å². The Kier molecular flexibility index (Phi) is 3.83. The van der Waals surface area contributed by atoms with E-state index >= 15 is 0 Å².